The zero-order chi connectivity index (χ0) is 12.3. The van der Waals surface area contributed by atoms with Gasteiger partial charge < -0.3 is 15.4 Å². The van der Waals surface area contributed by atoms with Crippen molar-refractivity contribution in [1.82, 2.24) is 4.90 Å². The van der Waals surface area contributed by atoms with Gasteiger partial charge in [-0.25, -0.2) is 0 Å². The summed E-state index contributed by atoms with van der Waals surface area (Å²) < 4.78 is 5.52. The molecule has 1 heterocycles. The van der Waals surface area contributed by atoms with Crippen molar-refractivity contribution in [1.29, 1.82) is 0 Å². The molecule has 3 atom stereocenters. The molecule has 4 nitrogen and oxygen atoms in total. The summed E-state index contributed by atoms with van der Waals surface area (Å²) in [6.45, 7) is 1.51. The molecule has 1 aliphatic heterocycles. The summed E-state index contributed by atoms with van der Waals surface area (Å²) in [6, 6.07) is 0.355. The quantitative estimate of drug-likeness (QED) is 0.801. The highest BCUT2D eigenvalue weighted by molar-refractivity contribution is 5.76. The second kappa shape index (κ2) is 5.83. The zero-order valence-corrected chi connectivity index (χ0v) is 10.7. The lowest BCUT2D eigenvalue weighted by atomic mass is 10.0. The Morgan fingerprint density at radius 3 is 2.82 bits per heavy atom. The molecule has 1 amide bonds. The lowest BCUT2D eigenvalue weighted by Crippen LogP contribution is -2.42. The number of amides is 1. The number of carbonyl (C=O) groups excluding carboxylic acids is 1. The van der Waals surface area contributed by atoms with Crippen LogP contribution in [0, 0.1) is 5.92 Å². The first-order valence-corrected chi connectivity index (χ1v) is 6.79. The molecule has 17 heavy (non-hydrogen) atoms. The molecule has 0 bridgehead atoms. The van der Waals surface area contributed by atoms with E-state index >= 15 is 0 Å². The molecule has 2 rings (SSSR count). The van der Waals surface area contributed by atoms with Crippen molar-refractivity contribution in [3.63, 3.8) is 0 Å². The molecule has 3 unspecified atom stereocenters. The van der Waals surface area contributed by atoms with Crippen LogP contribution in [-0.4, -0.2) is 43.2 Å². The third-order valence-electron chi connectivity index (χ3n) is 4.24. The fraction of sp³-hybridized carbons (Fsp3) is 0.923. The highest BCUT2D eigenvalue weighted by atomic mass is 16.5. The smallest absolute Gasteiger partial charge is 0.225 e. The molecule has 4 heteroatoms. The molecule has 2 fully saturated rings. The standard InChI is InChI=1S/C13H24N2O2/c1-15(12-6-2-4-10(12)9-14)13(16)8-11-5-3-7-17-11/h10-12H,2-9,14H2,1H3. The summed E-state index contributed by atoms with van der Waals surface area (Å²) in [5.74, 6) is 0.718. The van der Waals surface area contributed by atoms with Crippen molar-refractivity contribution in [3.05, 3.63) is 0 Å². The summed E-state index contributed by atoms with van der Waals surface area (Å²) in [7, 11) is 1.93. The van der Waals surface area contributed by atoms with E-state index in [1.54, 1.807) is 0 Å². The van der Waals surface area contributed by atoms with Gasteiger partial charge in [0.25, 0.3) is 0 Å². The summed E-state index contributed by atoms with van der Waals surface area (Å²) >= 11 is 0. The van der Waals surface area contributed by atoms with Gasteiger partial charge >= 0.3 is 0 Å². The molecule has 0 radical (unpaired) electrons. The largest absolute Gasteiger partial charge is 0.378 e. The van der Waals surface area contributed by atoms with Crippen molar-refractivity contribution in [2.24, 2.45) is 11.7 Å². The Kier molecular flexibility index (Phi) is 4.40. The molecule has 0 aromatic carbocycles. The van der Waals surface area contributed by atoms with E-state index < -0.39 is 0 Å². The van der Waals surface area contributed by atoms with E-state index in [4.69, 9.17) is 10.5 Å². The van der Waals surface area contributed by atoms with Gasteiger partial charge in [0.05, 0.1) is 12.5 Å². The van der Waals surface area contributed by atoms with Crippen molar-refractivity contribution >= 4 is 5.91 Å². The first-order chi connectivity index (χ1) is 8.22. The van der Waals surface area contributed by atoms with Crippen LogP contribution < -0.4 is 5.73 Å². The highest BCUT2D eigenvalue weighted by Crippen LogP contribution is 2.29. The second-order valence-electron chi connectivity index (χ2n) is 5.34. The van der Waals surface area contributed by atoms with Crippen LogP contribution in [0.2, 0.25) is 0 Å². The molecule has 2 aliphatic rings. The van der Waals surface area contributed by atoms with E-state index in [1.807, 2.05) is 11.9 Å². The lowest BCUT2D eigenvalue weighted by Gasteiger charge is -2.30. The molecule has 0 spiro atoms. The van der Waals surface area contributed by atoms with Gasteiger partial charge in [-0.05, 0) is 38.1 Å². The number of hydrogen-bond acceptors (Lipinski definition) is 3. The number of hydrogen-bond donors (Lipinski definition) is 1. The third-order valence-corrected chi connectivity index (χ3v) is 4.24. The summed E-state index contributed by atoms with van der Waals surface area (Å²) in [5.41, 5.74) is 5.76. The minimum Gasteiger partial charge on any atom is -0.378 e. The number of nitrogens with zero attached hydrogens (tertiary/aromatic N) is 1. The average Bonchev–Trinajstić information content (AvgIpc) is 2.97. The van der Waals surface area contributed by atoms with Crippen LogP contribution in [-0.2, 0) is 9.53 Å². The second-order valence-corrected chi connectivity index (χ2v) is 5.34. The van der Waals surface area contributed by atoms with Crippen LogP contribution in [0.1, 0.15) is 38.5 Å². The minimum atomic E-state index is 0.155. The van der Waals surface area contributed by atoms with E-state index in [1.165, 1.54) is 12.8 Å². The van der Waals surface area contributed by atoms with Crippen molar-refractivity contribution < 1.29 is 9.53 Å². The van der Waals surface area contributed by atoms with Crippen molar-refractivity contribution in [2.45, 2.75) is 50.7 Å². The van der Waals surface area contributed by atoms with E-state index in [0.717, 1.165) is 25.9 Å². The monoisotopic (exact) mass is 240 g/mol. The SMILES string of the molecule is CN(C(=O)CC1CCCO1)C1CCCC1CN. The third kappa shape index (κ3) is 2.99. The maximum Gasteiger partial charge on any atom is 0.225 e. The van der Waals surface area contributed by atoms with Gasteiger partial charge in [0.15, 0.2) is 0 Å². The molecular formula is C13H24N2O2. The Labute approximate surface area is 103 Å². The van der Waals surface area contributed by atoms with Crippen molar-refractivity contribution in [2.75, 3.05) is 20.2 Å². The van der Waals surface area contributed by atoms with Gasteiger partial charge in [-0.3, -0.25) is 4.79 Å². The highest BCUT2D eigenvalue weighted by Gasteiger charge is 2.32. The molecule has 2 N–H and O–H groups in total. The Bertz CT molecular complexity index is 264. The van der Waals surface area contributed by atoms with Crippen LogP contribution in [0.3, 0.4) is 0 Å². The predicted molar refractivity (Wildman–Crippen MR) is 66.5 cm³/mol. The summed E-state index contributed by atoms with van der Waals surface area (Å²) in [6.07, 6.45) is 6.30. The van der Waals surface area contributed by atoms with E-state index in [2.05, 4.69) is 0 Å². The fourth-order valence-corrected chi connectivity index (χ4v) is 3.13. The van der Waals surface area contributed by atoms with Crippen LogP contribution in [0.15, 0.2) is 0 Å². The first kappa shape index (κ1) is 12.8. The average molecular weight is 240 g/mol. The van der Waals surface area contributed by atoms with Gasteiger partial charge in [0.2, 0.25) is 5.91 Å². The van der Waals surface area contributed by atoms with E-state index in [-0.39, 0.29) is 12.0 Å². The predicted octanol–water partition coefficient (Wildman–Crippen LogP) is 1.14. The molecule has 0 aromatic rings. The Hall–Kier alpha value is -0.610. The van der Waals surface area contributed by atoms with E-state index in [9.17, 15) is 4.79 Å². The van der Waals surface area contributed by atoms with Gasteiger partial charge in [-0.1, -0.05) is 6.42 Å². The van der Waals surface area contributed by atoms with Crippen LogP contribution in [0.4, 0.5) is 0 Å². The Morgan fingerprint density at radius 1 is 1.35 bits per heavy atom. The van der Waals surface area contributed by atoms with Crippen LogP contribution in [0.5, 0.6) is 0 Å². The normalized spacial score (nSPS) is 32.9. The zero-order valence-electron chi connectivity index (χ0n) is 10.7. The maximum absolute atomic E-state index is 12.2. The molecule has 98 valence electrons. The lowest BCUT2D eigenvalue weighted by molar-refractivity contribution is -0.134. The first-order valence-electron chi connectivity index (χ1n) is 6.79. The van der Waals surface area contributed by atoms with E-state index in [0.29, 0.717) is 24.9 Å². The molecule has 1 saturated heterocycles. The molecule has 1 saturated carbocycles. The Balaban J connectivity index is 1.85. The van der Waals surface area contributed by atoms with Gasteiger partial charge in [-0.15, -0.1) is 0 Å². The minimum absolute atomic E-state index is 0.155. The molecule has 1 aliphatic carbocycles. The van der Waals surface area contributed by atoms with Crippen LogP contribution >= 0.6 is 0 Å². The van der Waals surface area contributed by atoms with Gasteiger partial charge in [0, 0.05) is 19.7 Å². The maximum atomic E-state index is 12.2. The summed E-state index contributed by atoms with van der Waals surface area (Å²) in [5, 5.41) is 0. The Morgan fingerprint density at radius 2 is 2.18 bits per heavy atom. The summed E-state index contributed by atoms with van der Waals surface area (Å²) in [4.78, 5) is 14.1. The number of carbonyl (C=O) groups is 1. The number of rotatable bonds is 4. The number of ether oxygens (including phenoxy) is 1. The molecule has 0 aromatic heterocycles. The molecular weight excluding hydrogens is 216 g/mol. The fourth-order valence-electron chi connectivity index (χ4n) is 3.13. The van der Waals surface area contributed by atoms with Gasteiger partial charge in [0.1, 0.15) is 0 Å². The number of nitrogens with two attached hydrogens (primary N) is 1. The van der Waals surface area contributed by atoms with Crippen LogP contribution in [0.25, 0.3) is 0 Å². The van der Waals surface area contributed by atoms with Crippen molar-refractivity contribution in [3.8, 4) is 0 Å². The topological polar surface area (TPSA) is 55.6 Å². The van der Waals surface area contributed by atoms with Gasteiger partial charge in [-0.2, -0.15) is 0 Å².